The van der Waals surface area contributed by atoms with Crippen LogP contribution in [0.1, 0.15) is 33.1 Å². The lowest BCUT2D eigenvalue weighted by Crippen LogP contribution is -2.59. The lowest BCUT2D eigenvalue weighted by atomic mass is 9.67. The Bertz CT molecular complexity index is 378. The molecule has 6 heteroatoms. The van der Waals surface area contributed by atoms with E-state index < -0.39 is 11.6 Å². The van der Waals surface area contributed by atoms with Gasteiger partial charge in [0, 0.05) is 5.33 Å². The fourth-order valence-electron chi connectivity index (χ4n) is 3.38. The van der Waals surface area contributed by atoms with Gasteiger partial charge >= 0.3 is 6.03 Å². The zero-order valence-corrected chi connectivity index (χ0v) is 12.9. The van der Waals surface area contributed by atoms with Crippen LogP contribution in [0.25, 0.3) is 0 Å². The average molecular weight is 333 g/mol. The van der Waals surface area contributed by atoms with Crippen molar-refractivity contribution in [3.63, 3.8) is 0 Å². The van der Waals surface area contributed by atoms with Gasteiger partial charge in [0.1, 0.15) is 5.54 Å². The number of hydrogen-bond donors (Lipinski definition) is 2. The Morgan fingerprint density at radius 1 is 1.42 bits per heavy atom. The fraction of sp³-hybridized carbons (Fsp3) is 0.846. The molecule has 0 aromatic carbocycles. The number of urea groups is 1. The lowest BCUT2D eigenvalue weighted by Gasteiger charge is -2.42. The van der Waals surface area contributed by atoms with Gasteiger partial charge in [-0.25, -0.2) is 4.79 Å². The Labute approximate surface area is 121 Å². The summed E-state index contributed by atoms with van der Waals surface area (Å²) in [5, 5.41) is 12.9. The van der Waals surface area contributed by atoms with E-state index >= 15 is 0 Å². The Morgan fingerprint density at radius 3 is 2.53 bits per heavy atom. The van der Waals surface area contributed by atoms with Gasteiger partial charge in [0.2, 0.25) is 0 Å². The second-order valence-electron chi connectivity index (χ2n) is 5.76. The number of aliphatic hydroxyl groups excluding tert-OH is 1. The maximum atomic E-state index is 12.7. The number of carbonyl (C=O) groups is 2. The zero-order valence-electron chi connectivity index (χ0n) is 11.4. The molecule has 2 N–H and O–H groups in total. The van der Waals surface area contributed by atoms with E-state index in [2.05, 4.69) is 21.2 Å². The van der Waals surface area contributed by atoms with Crippen molar-refractivity contribution >= 4 is 27.9 Å². The van der Waals surface area contributed by atoms with Gasteiger partial charge in [-0.05, 0) is 24.7 Å². The summed E-state index contributed by atoms with van der Waals surface area (Å²) in [6.45, 7) is 4.10. The molecular formula is C13H21BrN2O3. The molecule has 1 spiro atoms. The Balaban J connectivity index is 2.25. The van der Waals surface area contributed by atoms with Gasteiger partial charge < -0.3 is 10.4 Å². The number of amides is 3. The number of carbonyl (C=O) groups excluding carboxylic acids is 2. The smallest absolute Gasteiger partial charge is 0.325 e. The fourth-order valence-corrected chi connectivity index (χ4v) is 3.58. The summed E-state index contributed by atoms with van der Waals surface area (Å²) in [5.41, 5.74) is -0.763. The highest BCUT2D eigenvalue weighted by atomic mass is 79.9. The molecule has 3 atom stereocenters. The summed E-state index contributed by atoms with van der Waals surface area (Å²) in [5.74, 6) is 0.106. The summed E-state index contributed by atoms with van der Waals surface area (Å²) in [4.78, 5) is 25.9. The van der Waals surface area contributed by atoms with Crippen molar-refractivity contribution in [1.82, 2.24) is 10.2 Å². The van der Waals surface area contributed by atoms with Gasteiger partial charge in [0.15, 0.2) is 0 Å². The highest BCUT2D eigenvalue weighted by Crippen LogP contribution is 2.42. The standard InChI is InChI=1S/C13H21BrN2O3/c1-8-4-3-5-9(2)13(8)11(18)16(12(19)15-13)7-10(17)6-14/h8-10,17H,3-7H2,1-2H3,(H,15,19). The van der Waals surface area contributed by atoms with Crippen LogP contribution in [0.5, 0.6) is 0 Å². The number of imide groups is 1. The molecule has 2 rings (SSSR count). The number of nitrogens with one attached hydrogen (secondary N) is 1. The molecule has 2 fully saturated rings. The number of β-amino-alcohol motifs (C(OH)–C–C–N with tert-alkyl or cyclic N) is 1. The topological polar surface area (TPSA) is 69.6 Å². The molecule has 1 aliphatic carbocycles. The minimum absolute atomic E-state index is 0.0527. The summed E-state index contributed by atoms with van der Waals surface area (Å²) < 4.78 is 0. The molecule has 0 radical (unpaired) electrons. The van der Waals surface area contributed by atoms with Crippen molar-refractivity contribution in [2.24, 2.45) is 11.8 Å². The molecule has 0 bridgehead atoms. The Kier molecular flexibility index (Phi) is 4.20. The Morgan fingerprint density at radius 2 is 2.00 bits per heavy atom. The van der Waals surface area contributed by atoms with Gasteiger partial charge in [-0.1, -0.05) is 36.2 Å². The first kappa shape index (κ1) is 14.8. The van der Waals surface area contributed by atoms with Crippen LogP contribution in [-0.2, 0) is 4.79 Å². The van der Waals surface area contributed by atoms with Crippen molar-refractivity contribution in [2.75, 3.05) is 11.9 Å². The number of hydrogen-bond acceptors (Lipinski definition) is 3. The summed E-state index contributed by atoms with van der Waals surface area (Å²) >= 11 is 3.15. The summed E-state index contributed by atoms with van der Waals surface area (Å²) in [6, 6.07) is -0.370. The molecule has 1 saturated heterocycles. The Hall–Kier alpha value is -0.620. The third-order valence-corrected chi connectivity index (χ3v) is 5.31. The molecule has 0 aromatic rings. The monoisotopic (exact) mass is 332 g/mol. The van der Waals surface area contributed by atoms with E-state index in [1.165, 1.54) is 4.90 Å². The first-order valence-electron chi connectivity index (χ1n) is 6.81. The number of halogens is 1. The van der Waals surface area contributed by atoms with E-state index in [-0.39, 0.29) is 30.3 Å². The molecule has 1 aliphatic heterocycles. The van der Waals surface area contributed by atoms with E-state index in [1.54, 1.807) is 0 Å². The molecule has 108 valence electrons. The van der Waals surface area contributed by atoms with Gasteiger partial charge in [-0.2, -0.15) is 0 Å². The van der Waals surface area contributed by atoms with Crippen LogP contribution in [0, 0.1) is 11.8 Å². The number of alkyl halides is 1. The molecular weight excluding hydrogens is 312 g/mol. The van der Waals surface area contributed by atoms with Crippen LogP contribution in [0.3, 0.4) is 0 Å². The predicted octanol–water partition coefficient (Wildman–Crippen LogP) is 1.49. The molecule has 1 heterocycles. The van der Waals surface area contributed by atoms with E-state index in [1.807, 2.05) is 13.8 Å². The van der Waals surface area contributed by atoms with E-state index in [9.17, 15) is 14.7 Å². The van der Waals surface area contributed by atoms with Crippen LogP contribution in [0.4, 0.5) is 4.79 Å². The van der Waals surface area contributed by atoms with Gasteiger partial charge in [-0.3, -0.25) is 9.69 Å². The minimum Gasteiger partial charge on any atom is -0.390 e. The third kappa shape index (κ3) is 2.29. The normalized spacial score (nSPS) is 36.7. The van der Waals surface area contributed by atoms with Crippen LogP contribution >= 0.6 is 15.9 Å². The van der Waals surface area contributed by atoms with Crippen LogP contribution < -0.4 is 5.32 Å². The third-order valence-electron chi connectivity index (χ3n) is 4.56. The summed E-state index contributed by atoms with van der Waals surface area (Å²) in [7, 11) is 0. The van der Waals surface area contributed by atoms with E-state index in [0.29, 0.717) is 5.33 Å². The highest BCUT2D eigenvalue weighted by molar-refractivity contribution is 9.09. The van der Waals surface area contributed by atoms with Crippen LogP contribution in [0.2, 0.25) is 0 Å². The number of nitrogens with zero attached hydrogens (tertiary/aromatic N) is 1. The molecule has 5 nitrogen and oxygen atoms in total. The number of rotatable bonds is 3. The molecule has 1 saturated carbocycles. The highest BCUT2D eigenvalue weighted by Gasteiger charge is 2.58. The van der Waals surface area contributed by atoms with Gasteiger partial charge in [0.25, 0.3) is 5.91 Å². The van der Waals surface area contributed by atoms with Crippen molar-refractivity contribution in [3.05, 3.63) is 0 Å². The largest absolute Gasteiger partial charge is 0.390 e. The molecule has 3 amide bonds. The average Bonchev–Trinajstić information content (AvgIpc) is 2.62. The molecule has 19 heavy (non-hydrogen) atoms. The van der Waals surface area contributed by atoms with Gasteiger partial charge in [0.05, 0.1) is 12.6 Å². The molecule has 2 aliphatic rings. The predicted molar refractivity (Wildman–Crippen MR) is 75.0 cm³/mol. The second-order valence-corrected chi connectivity index (χ2v) is 6.40. The summed E-state index contributed by atoms with van der Waals surface area (Å²) in [6.07, 6.45) is 2.27. The van der Waals surface area contributed by atoms with Crippen molar-refractivity contribution in [3.8, 4) is 0 Å². The maximum absolute atomic E-state index is 12.7. The van der Waals surface area contributed by atoms with Crippen molar-refractivity contribution < 1.29 is 14.7 Å². The number of aliphatic hydroxyl groups is 1. The minimum atomic E-state index is -0.763. The van der Waals surface area contributed by atoms with Gasteiger partial charge in [-0.15, -0.1) is 0 Å². The second kappa shape index (κ2) is 5.40. The molecule has 3 unspecified atom stereocenters. The van der Waals surface area contributed by atoms with E-state index in [4.69, 9.17) is 0 Å². The maximum Gasteiger partial charge on any atom is 0.325 e. The lowest BCUT2D eigenvalue weighted by molar-refractivity contribution is -0.137. The first-order valence-corrected chi connectivity index (χ1v) is 7.93. The zero-order chi connectivity index (χ0) is 14.2. The van der Waals surface area contributed by atoms with Crippen molar-refractivity contribution in [2.45, 2.75) is 44.8 Å². The SMILES string of the molecule is CC1CCCC(C)C12NC(=O)N(CC(O)CBr)C2=O. The molecule has 0 aromatic heterocycles. The first-order chi connectivity index (χ1) is 8.93. The quantitative estimate of drug-likeness (QED) is 0.607. The van der Waals surface area contributed by atoms with Crippen LogP contribution in [-0.4, -0.2) is 45.5 Å². The van der Waals surface area contributed by atoms with Crippen LogP contribution in [0.15, 0.2) is 0 Å². The van der Waals surface area contributed by atoms with Crippen molar-refractivity contribution in [1.29, 1.82) is 0 Å². The van der Waals surface area contributed by atoms with E-state index in [0.717, 1.165) is 19.3 Å².